The van der Waals surface area contributed by atoms with Crippen molar-refractivity contribution in [2.45, 2.75) is 44.5 Å². The number of benzene rings is 2. The minimum atomic E-state index is -0.565. The molecule has 2 amide bonds. The lowest BCUT2D eigenvalue weighted by Crippen LogP contribution is -2.38. The van der Waals surface area contributed by atoms with Crippen LogP contribution in [0.2, 0.25) is 0 Å². The summed E-state index contributed by atoms with van der Waals surface area (Å²) in [6, 6.07) is 11.2. The Morgan fingerprint density at radius 2 is 1.94 bits per heavy atom. The molecule has 2 aromatic carbocycles. The van der Waals surface area contributed by atoms with E-state index in [1.807, 2.05) is 26.0 Å². The highest BCUT2D eigenvalue weighted by Gasteiger charge is 2.40. The first-order valence-corrected chi connectivity index (χ1v) is 12.5. The number of aliphatic imine (C=N–C) groups is 1. The maximum atomic E-state index is 13.4. The largest absolute Gasteiger partial charge is 0.497 e. The van der Waals surface area contributed by atoms with Gasteiger partial charge in [0.15, 0.2) is 5.17 Å². The van der Waals surface area contributed by atoms with Crippen LogP contribution in [0, 0.1) is 13.8 Å². The molecule has 0 radical (unpaired) electrons. The first kappa shape index (κ1) is 25.1. The van der Waals surface area contributed by atoms with Crippen LogP contribution in [0.15, 0.2) is 41.4 Å². The predicted octanol–water partition coefficient (Wildman–Crippen LogP) is 4.46. The Bertz CT molecular complexity index is 1110. The van der Waals surface area contributed by atoms with E-state index in [1.54, 1.807) is 30.2 Å². The number of hydrogen-bond acceptors (Lipinski definition) is 7. The molecule has 0 saturated carbocycles. The molecule has 2 atom stereocenters. The summed E-state index contributed by atoms with van der Waals surface area (Å²) < 4.78 is 16.4. The van der Waals surface area contributed by atoms with Crippen LogP contribution in [0.25, 0.3) is 0 Å². The molecule has 2 saturated heterocycles. The van der Waals surface area contributed by atoms with Gasteiger partial charge in [-0.05, 0) is 62.1 Å². The third kappa shape index (κ3) is 6.15. The zero-order valence-electron chi connectivity index (χ0n) is 20.5. The Morgan fingerprint density at radius 1 is 1.17 bits per heavy atom. The van der Waals surface area contributed by atoms with Crippen molar-refractivity contribution in [1.82, 2.24) is 4.90 Å². The van der Waals surface area contributed by atoms with Crippen LogP contribution >= 0.6 is 11.8 Å². The fourth-order valence-electron chi connectivity index (χ4n) is 4.28. The van der Waals surface area contributed by atoms with Gasteiger partial charge in [-0.2, -0.15) is 0 Å². The van der Waals surface area contributed by atoms with E-state index in [1.165, 1.54) is 18.9 Å². The Hall–Kier alpha value is -3.04. The number of amides is 2. The van der Waals surface area contributed by atoms with Crippen LogP contribution in [0.3, 0.4) is 0 Å². The third-order valence-electron chi connectivity index (χ3n) is 5.92. The molecular weight excluding hydrogens is 466 g/mol. The van der Waals surface area contributed by atoms with Gasteiger partial charge in [0.25, 0.3) is 0 Å². The second-order valence-electron chi connectivity index (χ2n) is 8.75. The molecule has 2 unspecified atom stereocenters. The zero-order chi connectivity index (χ0) is 24.9. The normalized spacial score (nSPS) is 21.0. The summed E-state index contributed by atoms with van der Waals surface area (Å²) >= 11 is 1.33. The molecule has 1 N–H and O–H groups in total. The minimum Gasteiger partial charge on any atom is -0.497 e. The topological polar surface area (TPSA) is 89.5 Å². The number of nitrogens with zero attached hydrogens (tertiary/aromatic N) is 2. The van der Waals surface area contributed by atoms with E-state index in [2.05, 4.69) is 11.4 Å². The van der Waals surface area contributed by atoms with Crippen LogP contribution in [0.5, 0.6) is 11.5 Å². The second-order valence-corrected chi connectivity index (χ2v) is 9.92. The van der Waals surface area contributed by atoms with Crippen LogP contribution in [0.4, 0.5) is 11.4 Å². The van der Waals surface area contributed by atoms with Crippen LogP contribution in [-0.4, -0.2) is 60.6 Å². The number of hydrogen-bond donors (Lipinski definition) is 1. The van der Waals surface area contributed by atoms with Gasteiger partial charge < -0.3 is 19.5 Å². The van der Waals surface area contributed by atoms with Crippen molar-refractivity contribution >= 4 is 40.1 Å². The quantitative estimate of drug-likeness (QED) is 0.579. The van der Waals surface area contributed by atoms with Gasteiger partial charge >= 0.3 is 0 Å². The van der Waals surface area contributed by atoms with Crippen LogP contribution in [-0.2, 0) is 14.3 Å². The Balaban J connectivity index is 1.52. The van der Waals surface area contributed by atoms with Crippen molar-refractivity contribution in [2.75, 3.05) is 32.7 Å². The number of carbonyl (C=O) groups excluding carboxylic acids is 2. The average Bonchev–Trinajstić information content (AvgIpc) is 3.43. The van der Waals surface area contributed by atoms with Gasteiger partial charge in [-0.15, -0.1) is 0 Å². The molecule has 8 nitrogen and oxygen atoms in total. The zero-order valence-corrected chi connectivity index (χ0v) is 21.3. The molecule has 35 heavy (non-hydrogen) atoms. The number of ether oxygens (including phenoxy) is 3. The van der Waals surface area contributed by atoms with Gasteiger partial charge in [0.05, 0.1) is 38.2 Å². The van der Waals surface area contributed by atoms with Crippen LogP contribution < -0.4 is 14.8 Å². The molecule has 0 bridgehead atoms. The standard InChI is InChI=1S/C26H31N3O5S/c1-16-10-17(2)12-18(11-16)27-26-29(15-20-6-5-9-34-20)25(31)23(35-26)14-24(30)28-21-8-7-19(32-3)13-22(21)33-4/h7-8,10-13,20,23H,5-6,9,14-15H2,1-4H3,(H,28,30). The number of aryl methyl sites for hydroxylation is 2. The number of anilines is 1. The maximum absolute atomic E-state index is 13.4. The van der Waals surface area contributed by atoms with E-state index in [4.69, 9.17) is 19.2 Å². The van der Waals surface area contributed by atoms with E-state index < -0.39 is 5.25 Å². The SMILES string of the molecule is COc1ccc(NC(=O)CC2SC(=Nc3cc(C)cc(C)c3)N(CC3CCCO3)C2=O)c(OC)c1. The molecule has 0 spiro atoms. The lowest BCUT2D eigenvalue weighted by molar-refractivity contribution is -0.129. The van der Waals surface area contributed by atoms with Crippen molar-refractivity contribution < 1.29 is 23.8 Å². The van der Waals surface area contributed by atoms with Crippen molar-refractivity contribution in [3.05, 3.63) is 47.5 Å². The highest BCUT2D eigenvalue weighted by atomic mass is 32.2. The molecule has 2 heterocycles. The van der Waals surface area contributed by atoms with Gasteiger partial charge in [-0.3, -0.25) is 14.5 Å². The van der Waals surface area contributed by atoms with E-state index >= 15 is 0 Å². The highest BCUT2D eigenvalue weighted by molar-refractivity contribution is 8.15. The molecule has 2 aromatic rings. The summed E-state index contributed by atoms with van der Waals surface area (Å²) in [6.45, 7) is 5.20. The molecule has 2 aliphatic rings. The molecule has 186 valence electrons. The summed E-state index contributed by atoms with van der Waals surface area (Å²) in [6.07, 6.45) is 1.90. The number of methoxy groups -OCH3 is 2. The molecule has 2 fully saturated rings. The predicted molar refractivity (Wildman–Crippen MR) is 138 cm³/mol. The Kier molecular flexibility index (Phi) is 7.97. The lowest BCUT2D eigenvalue weighted by atomic mass is 10.1. The number of thioether (sulfide) groups is 1. The summed E-state index contributed by atoms with van der Waals surface area (Å²) in [5.74, 6) is 0.716. The van der Waals surface area contributed by atoms with Gasteiger partial charge in [0.1, 0.15) is 16.7 Å². The maximum Gasteiger partial charge on any atom is 0.242 e. The monoisotopic (exact) mass is 497 g/mol. The van der Waals surface area contributed by atoms with E-state index in [-0.39, 0.29) is 24.3 Å². The third-order valence-corrected chi connectivity index (χ3v) is 7.09. The number of rotatable bonds is 8. The number of amidine groups is 1. The van der Waals surface area contributed by atoms with Gasteiger partial charge in [0.2, 0.25) is 11.8 Å². The molecule has 4 rings (SSSR count). The lowest BCUT2D eigenvalue weighted by Gasteiger charge is -2.20. The second kappa shape index (κ2) is 11.1. The average molecular weight is 498 g/mol. The fraction of sp³-hybridized carbons (Fsp3) is 0.423. The van der Waals surface area contributed by atoms with E-state index in [9.17, 15) is 9.59 Å². The summed E-state index contributed by atoms with van der Waals surface area (Å²) in [4.78, 5) is 32.8. The summed E-state index contributed by atoms with van der Waals surface area (Å²) in [7, 11) is 3.09. The molecular formula is C26H31N3O5S. The van der Waals surface area contributed by atoms with Crippen molar-refractivity contribution in [3.8, 4) is 11.5 Å². The Labute approximate surface area is 210 Å². The van der Waals surface area contributed by atoms with Crippen LogP contribution in [0.1, 0.15) is 30.4 Å². The molecule has 9 heteroatoms. The van der Waals surface area contributed by atoms with Crippen molar-refractivity contribution in [3.63, 3.8) is 0 Å². The molecule has 0 aromatic heterocycles. The number of carbonyl (C=O) groups is 2. The van der Waals surface area contributed by atoms with E-state index in [0.717, 1.165) is 29.7 Å². The van der Waals surface area contributed by atoms with Gasteiger partial charge in [-0.25, -0.2) is 4.99 Å². The highest BCUT2D eigenvalue weighted by Crippen LogP contribution is 2.34. The fourth-order valence-corrected chi connectivity index (χ4v) is 5.45. The van der Waals surface area contributed by atoms with Crippen molar-refractivity contribution in [2.24, 2.45) is 4.99 Å². The smallest absolute Gasteiger partial charge is 0.242 e. The number of nitrogens with one attached hydrogen (secondary N) is 1. The summed E-state index contributed by atoms with van der Waals surface area (Å²) in [5.41, 5.74) is 3.53. The molecule has 2 aliphatic heterocycles. The first-order chi connectivity index (χ1) is 16.9. The minimum absolute atomic E-state index is 0.0138. The van der Waals surface area contributed by atoms with Gasteiger partial charge in [-0.1, -0.05) is 17.8 Å². The van der Waals surface area contributed by atoms with Crippen molar-refractivity contribution in [1.29, 1.82) is 0 Å². The van der Waals surface area contributed by atoms with E-state index in [0.29, 0.717) is 35.5 Å². The Morgan fingerprint density at radius 3 is 2.60 bits per heavy atom. The summed E-state index contributed by atoms with van der Waals surface area (Å²) in [5, 5.41) is 2.90. The van der Waals surface area contributed by atoms with Gasteiger partial charge in [0, 0.05) is 19.1 Å². The first-order valence-electron chi connectivity index (χ1n) is 11.6. The molecule has 0 aliphatic carbocycles.